The smallest absolute Gasteiger partial charge is 0.161 e. The molecule has 0 spiro atoms. The van der Waals surface area contributed by atoms with Crippen molar-refractivity contribution in [2.45, 2.75) is 26.2 Å². The molecule has 1 fully saturated rings. The molecule has 0 radical (unpaired) electrons. The standard InChI is InChI=1S/C30H31Cl2NO3/c1-21(34)25-8-13-28(29(20-25)35-2)36-19-3-16-33-17-14-24(15-18-33)30(22-4-9-26(31)10-5-22)23-6-11-27(32)12-7-23/h4-13,20H,3,14-19H2,1-2H3. The molecular formula is C30H31Cl2NO3. The number of methoxy groups -OCH3 is 1. The molecule has 0 saturated carbocycles. The van der Waals surface area contributed by atoms with E-state index in [0.717, 1.165) is 48.9 Å². The van der Waals surface area contributed by atoms with Crippen LogP contribution in [0.1, 0.15) is 47.7 Å². The minimum atomic E-state index is 0.00801. The lowest BCUT2D eigenvalue weighted by molar-refractivity contribution is 0.101. The first-order valence-corrected chi connectivity index (χ1v) is 13.0. The van der Waals surface area contributed by atoms with Gasteiger partial charge in [-0.05, 0) is 85.4 Å². The number of halogens is 2. The van der Waals surface area contributed by atoms with Crippen LogP contribution >= 0.6 is 23.2 Å². The molecule has 0 unspecified atom stereocenters. The number of ether oxygens (including phenoxy) is 2. The van der Waals surface area contributed by atoms with Gasteiger partial charge in [0, 0.05) is 35.2 Å². The number of nitrogens with zero attached hydrogens (tertiary/aromatic N) is 1. The molecule has 0 aliphatic carbocycles. The molecule has 1 saturated heterocycles. The van der Waals surface area contributed by atoms with Gasteiger partial charge < -0.3 is 14.4 Å². The maximum atomic E-state index is 11.6. The normalized spacial score (nSPS) is 13.9. The number of benzene rings is 3. The molecular weight excluding hydrogens is 493 g/mol. The van der Waals surface area contributed by atoms with Crippen molar-refractivity contribution in [3.05, 3.63) is 99.0 Å². The number of hydrogen-bond acceptors (Lipinski definition) is 4. The van der Waals surface area contributed by atoms with Crippen molar-refractivity contribution < 1.29 is 14.3 Å². The molecule has 36 heavy (non-hydrogen) atoms. The molecule has 0 amide bonds. The Kier molecular flexibility index (Phi) is 9.08. The van der Waals surface area contributed by atoms with Crippen molar-refractivity contribution in [2.24, 2.45) is 0 Å². The lowest BCUT2D eigenvalue weighted by Gasteiger charge is -2.30. The molecule has 0 aromatic heterocycles. The van der Waals surface area contributed by atoms with Crippen LogP contribution in [0.4, 0.5) is 0 Å². The Morgan fingerprint density at radius 3 is 1.92 bits per heavy atom. The van der Waals surface area contributed by atoms with Crippen LogP contribution in [0.2, 0.25) is 10.0 Å². The summed E-state index contributed by atoms with van der Waals surface area (Å²) in [6.45, 7) is 5.13. The summed E-state index contributed by atoms with van der Waals surface area (Å²) in [6.07, 6.45) is 2.95. The van der Waals surface area contributed by atoms with Gasteiger partial charge in [0.05, 0.1) is 13.7 Å². The average molecular weight is 524 g/mol. The van der Waals surface area contributed by atoms with Crippen LogP contribution in [0.3, 0.4) is 0 Å². The maximum absolute atomic E-state index is 11.6. The largest absolute Gasteiger partial charge is 0.493 e. The predicted octanol–water partition coefficient (Wildman–Crippen LogP) is 7.57. The molecule has 3 aromatic carbocycles. The van der Waals surface area contributed by atoms with Crippen LogP contribution in [0.15, 0.2) is 72.3 Å². The summed E-state index contributed by atoms with van der Waals surface area (Å²) < 4.78 is 11.4. The third kappa shape index (κ3) is 6.70. The molecule has 1 aliphatic rings. The number of carbonyl (C=O) groups excluding carboxylic acids is 1. The van der Waals surface area contributed by atoms with Crippen molar-refractivity contribution in [3.8, 4) is 11.5 Å². The highest BCUT2D eigenvalue weighted by molar-refractivity contribution is 6.31. The second kappa shape index (κ2) is 12.4. The molecule has 188 valence electrons. The van der Waals surface area contributed by atoms with E-state index in [1.165, 1.54) is 22.3 Å². The van der Waals surface area contributed by atoms with Crippen LogP contribution in [0.25, 0.3) is 5.57 Å². The molecule has 4 nitrogen and oxygen atoms in total. The highest BCUT2D eigenvalue weighted by Crippen LogP contribution is 2.34. The number of piperidine rings is 1. The number of likely N-dealkylation sites (tertiary alicyclic amines) is 1. The molecule has 0 N–H and O–H groups in total. The van der Waals surface area contributed by atoms with Crippen LogP contribution in [0.5, 0.6) is 11.5 Å². The van der Waals surface area contributed by atoms with Crippen molar-refractivity contribution in [2.75, 3.05) is 33.4 Å². The monoisotopic (exact) mass is 523 g/mol. The maximum Gasteiger partial charge on any atom is 0.161 e. The Labute approximate surface area is 223 Å². The van der Waals surface area contributed by atoms with Crippen molar-refractivity contribution in [3.63, 3.8) is 0 Å². The van der Waals surface area contributed by atoms with Gasteiger partial charge in [0.1, 0.15) is 0 Å². The molecule has 3 aromatic rings. The third-order valence-corrected chi connectivity index (χ3v) is 7.03. The first kappa shape index (κ1) is 26.3. The van der Waals surface area contributed by atoms with Gasteiger partial charge in [0.25, 0.3) is 0 Å². The fraction of sp³-hybridized carbons (Fsp3) is 0.300. The molecule has 0 atom stereocenters. The van der Waals surface area contributed by atoms with Gasteiger partial charge in [0.15, 0.2) is 17.3 Å². The Bertz CT molecular complexity index is 1160. The fourth-order valence-corrected chi connectivity index (χ4v) is 4.83. The minimum Gasteiger partial charge on any atom is -0.493 e. The van der Waals surface area contributed by atoms with E-state index in [0.29, 0.717) is 23.7 Å². The highest BCUT2D eigenvalue weighted by Gasteiger charge is 2.19. The van der Waals surface area contributed by atoms with E-state index in [1.54, 1.807) is 26.2 Å². The molecule has 0 bridgehead atoms. The quantitative estimate of drug-likeness (QED) is 0.214. The Hall–Kier alpha value is -2.79. The van der Waals surface area contributed by atoms with Gasteiger partial charge in [-0.15, -0.1) is 0 Å². The van der Waals surface area contributed by atoms with E-state index >= 15 is 0 Å². The van der Waals surface area contributed by atoms with Gasteiger partial charge in [-0.25, -0.2) is 0 Å². The van der Waals surface area contributed by atoms with Crippen LogP contribution in [-0.4, -0.2) is 44.0 Å². The van der Waals surface area contributed by atoms with E-state index in [-0.39, 0.29) is 5.78 Å². The number of Topliss-reactive ketones (excluding diaryl/α,β-unsaturated/α-hetero) is 1. The van der Waals surface area contributed by atoms with Crippen molar-refractivity contribution in [1.29, 1.82) is 0 Å². The predicted molar refractivity (Wildman–Crippen MR) is 148 cm³/mol. The van der Waals surface area contributed by atoms with Gasteiger partial charge in [0.2, 0.25) is 0 Å². The molecule has 6 heteroatoms. The zero-order valence-corrected chi connectivity index (χ0v) is 22.2. The van der Waals surface area contributed by atoms with Gasteiger partial charge in [-0.1, -0.05) is 53.0 Å². The summed E-state index contributed by atoms with van der Waals surface area (Å²) in [5, 5.41) is 1.48. The average Bonchev–Trinajstić information content (AvgIpc) is 2.89. The van der Waals surface area contributed by atoms with Gasteiger partial charge >= 0.3 is 0 Å². The van der Waals surface area contributed by atoms with E-state index in [9.17, 15) is 4.79 Å². The number of rotatable bonds is 9. The summed E-state index contributed by atoms with van der Waals surface area (Å²) in [4.78, 5) is 14.1. The second-order valence-corrected chi connectivity index (χ2v) is 9.83. The Balaban J connectivity index is 1.36. The first-order valence-electron chi connectivity index (χ1n) is 12.2. The second-order valence-electron chi connectivity index (χ2n) is 8.96. The lowest BCUT2D eigenvalue weighted by atomic mass is 9.88. The van der Waals surface area contributed by atoms with Crippen LogP contribution in [-0.2, 0) is 0 Å². The van der Waals surface area contributed by atoms with Gasteiger partial charge in [-0.3, -0.25) is 4.79 Å². The third-order valence-electron chi connectivity index (χ3n) is 6.53. The minimum absolute atomic E-state index is 0.00801. The number of carbonyl (C=O) groups is 1. The topological polar surface area (TPSA) is 38.8 Å². The fourth-order valence-electron chi connectivity index (χ4n) is 4.58. The lowest BCUT2D eigenvalue weighted by Crippen LogP contribution is -2.32. The summed E-state index contributed by atoms with van der Waals surface area (Å²) in [6, 6.07) is 21.5. The van der Waals surface area contributed by atoms with E-state index in [1.807, 2.05) is 30.3 Å². The summed E-state index contributed by atoms with van der Waals surface area (Å²) in [5.41, 5.74) is 5.73. The number of ketones is 1. The number of hydrogen-bond donors (Lipinski definition) is 0. The van der Waals surface area contributed by atoms with E-state index < -0.39 is 0 Å². The summed E-state index contributed by atoms with van der Waals surface area (Å²) >= 11 is 12.3. The summed E-state index contributed by atoms with van der Waals surface area (Å²) in [5.74, 6) is 1.27. The molecule has 4 rings (SSSR count). The van der Waals surface area contributed by atoms with Crippen LogP contribution < -0.4 is 9.47 Å². The highest BCUT2D eigenvalue weighted by atomic mass is 35.5. The van der Waals surface area contributed by atoms with Crippen molar-refractivity contribution in [1.82, 2.24) is 4.90 Å². The summed E-state index contributed by atoms with van der Waals surface area (Å²) in [7, 11) is 1.59. The van der Waals surface area contributed by atoms with E-state index in [4.69, 9.17) is 32.7 Å². The zero-order chi connectivity index (χ0) is 25.5. The van der Waals surface area contributed by atoms with Gasteiger partial charge in [-0.2, -0.15) is 0 Å². The van der Waals surface area contributed by atoms with E-state index in [2.05, 4.69) is 29.2 Å². The first-order chi connectivity index (χ1) is 17.4. The molecule has 1 aliphatic heterocycles. The Morgan fingerprint density at radius 1 is 0.833 bits per heavy atom. The zero-order valence-electron chi connectivity index (χ0n) is 20.7. The Morgan fingerprint density at radius 2 is 1.39 bits per heavy atom. The van der Waals surface area contributed by atoms with Crippen LogP contribution in [0, 0.1) is 0 Å². The SMILES string of the molecule is COc1cc(C(C)=O)ccc1OCCCN1CCC(=C(c2ccc(Cl)cc2)c2ccc(Cl)cc2)CC1. The van der Waals surface area contributed by atoms with Crippen molar-refractivity contribution >= 4 is 34.6 Å². The molecule has 1 heterocycles.